The third kappa shape index (κ3) is 3.12. The van der Waals surface area contributed by atoms with Crippen molar-refractivity contribution in [1.82, 2.24) is 10.6 Å². The highest BCUT2D eigenvalue weighted by Gasteiger charge is 2.57. The van der Waals surface area contributed by atoms with Crippen LogP contribution in [0.4, 0.5) is 0 Å². The molecule has 5 nitrogen and oxygen atoms in total. The van der Waals surface area contributed by atoms with E-state index in [2.05, 4.69) is 10.6 Å². The van der Waals surface area contributed by atoms with Gasteiger partial charge in [0.1, 0.15) is 0 Å². The maximum Gasteiger partial charge on any atom is 0.309 e. The van der Waals surface area contributed by atoms with Gasteiger partial charge in [0.25, 0.3) is 0 Å². The second-order valence-electron chi connectivity index (χ2n) is 8.85. The molecule has 0 spiro atoms. The van der Waals surface area contributed by atoms with Crippen molar-refractivity contribution in [3.8, 4) is 0 Å². The molecule has 4 bridgehead atoms. The summed E-state index contributed by atoms with van der Waals surface area (Å²) in [5, 5.41) is 5.56. The topological polar surface area (TPSA) is 67.4 Å². The van der Waals surface area contributed by atoms with Crippen LogP contribution in [0.1, 0.15) is 52.9 Å². The Balaban J connectivity index is 1.64. The van der Waals surface area contributed by atoms with E-state index in [0.717, 1.165) is 11.8 Å². The number of carbonyl (C=O) groups is 2. The Morgan fingerprint density at radius 3 is 1.96 bits per heavy atom. The van der Waals surface area contributed by atoms with E-state index in [1.807, 2.05) is 20.8 Å². The van der Waals surface area contributed by atoms with Crippen molar-refractivity contribution in [1.29, 1.82) is 0 Å². The Morgan fingerprint density at radius 2 is 1.52 bits per heavy atom. The van der Waals surface area contributed by atoms with Crippen LogP contribution in [0.5, 0.6) is 0 Å². The third-order valence-corrected chi connectivity index (χ3v) is 6.12. The molecule has 0 aliphatic heterocycles. The van der Waals surface area contributed by atoms with E-state index in [4.69, 9.17) is 4.74 Å². The Morgan fingerprint density at radius 1 is 1.00 bits per heavy atom. The Bertz CT molecular complexity index is 467. The van der Waals surface area contributed by atoms with Crippen molar-refractivity contribution in [2.75, 3.05) is 13.7 Å². The minimum Gasteiger partial charge on any atom is -0.376 e. The van der Waals surface area contributed by atoms with E-state index in [1.165, 1.54) is 32.1 Å². The lowest BCUT2D eigenvalue weighted by molar-refractivity contribution is -0.188. The molecular weight excluding hydrogens is 292 g/mol. The first-order valence-electron chi connectivity index (χ1n) is 8.89. The molecule has 0 saturated heterocycles. The molecule has 0 heterocycles. The van der Waals surface area contributed by atoms with Crippen LogP contribution in [-0.4, -0.2) is 36.6 Å². The molecule has 0 atom stereocenters. The summed E-state index contributed by atoms with van der Waals surface area (Å²) in [5.74, 6) is 1.63. The van der Waals surface area contributed by atoms with Gasteiger partial charge in [0.05, 0.1) is 5.60 Å². The molecule has 0 aromatic rings. The van der Waals surface area contributed by atoms with Crippen molar-refractivity contribution >= 4 is 11.8 Å². The highest BCUT2D eigenvalue weighted by atomic mass is 16.5. The summed E-state index contributed by atoms with van der Waals surface area (Å²) in [6.45, 7) is 6.06. The van der Waals surface area contributed by atoms with Crippen LogP contribution in [0.2, 0.25) is 0 Å². The summed E-state index contributed by atoms with van der Waals surface area (Å²) >= 11 is 0. The van der Waals surface area contributed by atoms with Gasteiger partial charge < -0.3 is 15.4 Å². The van der Waals surface area contributed by atoms with Crippen LogP contribution in [-0.2, 0) is 14.3 Å². The van der Waals surface area contributed by atoms with Crippen molar-refractivity contribution < 1.29 is 14.3 Å². The molecule has 4 rings (SSSR count). The van der Waals surface area contributed by atoms with Gasteiger partial charge in [0.2, 0.25) is 0 Å². The van der Waals surface area contributed by atoms with Crippen LogP contribution in [0, 0.1) is 23.7 Å². The maximum absolute atomic E-state index is 12.1. The first-order chi connectivity index (χ1) is 10.7. The van der Waals surface area contributed by atoms with Gasteiger partial charge >= 0.3 is 11.8 Å². The summed E-state index contributed by atoms with van der Waals surface area (Å²) in [4.78, 5) is 24.1. The standard InChI is InChI=1S/C18H30N2O3/c1-17(2,3)20-16(22)15(21)19-10-18(23-4)13-6-11-5-12(8-13)9-14(18)7-11/h11-14H,5-10H2,1-4H3,(H,19,21)(H,20,22). The minimum atomic E-state index is -0.562. The molecule has 0 unspecified atom stereocenters. The van der Waals surface area contributed by atoms with Crippen LogP contribution in [0.25, 0.3) is 0 Å². The molecule has 4 saturated carbocycles. The molecule has 4 aliphatic carbocycles. The van der Waals surface area contributed by atoms with Gasteiger partial charge in [0.15, 0.2) is 0 Å². The molecule has 4 aliphatic rings. The minimum absolute atomic E-state index is 0.273. The molecule has 4 fully saturated rings. The SMILES string of the molecule is COC1(CNC(=O)C(=O)NC(C)(C)C)C2CC3CC(C2)CC1C3. The Hall–Kier alpha value is -1.10. The zero-order chi connectivity index (χ0) is 16.8. The first-order valence-corrected chi connectivity index (χ1v) is 8.89. The lowest BCUT2D eigenvalue weighted by Crippen LogP contribution is -2.64. The number of nitrogens with one attached hydrogen (secondary N) is 2. The smallest absolute Gasteiger partial charge is 0.309 e. The third-order valence-electron chi connectivity index (χ3n) is 6.12. The average Bonchev–Trinajstić information content (AvgIpc) is 2.44. The van der Waals surface area contributed by atoms with Crippen molar-refractivity contribution in [2.45, 2.75) is 64.0 Å². The number of hydrogen-bond acceptors (Lipinski definition) is 3. The molecule has 2 amide bonds. The Kier molecular flexibility index (Phi) is 4.20. The lowest BCUT2D eigenvalue weighted by atomic mass is 9.49. The van der Waals surface area contributed by atoms with E-state index in [9.17, 15) is 9.59 Å². The summed E-state index contributed by atoms with van der Waals surface area (Å²) in [6.07, 6.45) is 6.23. The van der Waals surface area contributed by atoms with Gasteiger partial charge in [-0.1, -0.05) is 0 Å². The average molecular weight is 322 g/mol. The molecular formula is C18H30N2O3. The quantitative estimate of drug-likeness (QED) is 0.779. The summed E-state index contributed by atoms with van der Waals surface area (Å²) in [5.41, 5.74) is -0.679. The van der Waals surface area contributed by atoms with Crippen molar-refractivity contribution in [2.24, 2.45) is 23.7 Å². The van der Waals surface area contributed by atoms with Crippen molar-refractivity contribution in [3.63, 3.8) is 0 Å². The fraction of sp³-hybridized carbons (Fsp3) is 0.889. The van der Waals surface area contributed by atoms with Crippen molar-refractivity contribution in [3.05, 3.63) is 0 Å². The number of amides is 2. The normalized spacial score (nSPS) is 38.4. The molecule has 2 N–H and O–H groups in total. The second kappa shape index (κ2) is 5.76. The molecule has 23 heavy (non-hydrogen) atoms. The van der Waals surface area contributed by atoms with Crippen LogP contribution in [0.15, 0.2) is 0 Å². The van der Waals surface area contributed by atoms with E-state index in [1.54, 1.807) is 7.11 Å². The van der Waals surface area contributed by atoms with Crippen LogP contribution in [0.3, 0.4) is 0 Å². The molecule has 0 aromatic heterocycles. The summed E-state index contributed by atoms with van der Waals surface area (Å²) < 4.78 is 6.00. The monoisotopic (exact) mass is 322 g/mol. The summed E-state index contributed by atoms with van der Waals surface area (Å²) in [7, 11) is 1.77. The first kappa shape index (κ1) is 16.7. The van der Waals surface area contributed by atoms with E-state index >= 15 is 0 Å². The molecule has 130 valence electrons. The van der Waals surface area contributed by atoms with E-state index in [-0.39, 0.29) is 5.60 Å². The lowest BCUT2D eigenvalue weighted by Gasteiger charge is -2.60. The predicted molar refractivity (Wildman–Crippen MR) is 87.7 cm³/mol. The number of hydrogen-bond donors (Lipinski definition) is 2. The fourth-order valence-corrected chi connectivity index (χ4v) is 5.37. The summed E-state index contributed by atoms with van der Waals surface area (Å²) in [6, 6.07) is 0. The molecule has 0 radical (unpaired) electrons. The van der Waals surface area contributed by atoms with Gasteiger partial charge in [0, 0.05) is 19.2 Å². The highest BCUT2D eigenvalue weighted by Crippen LogP contribution is 2.59. The number of methoxy groups -OCH3 is 1. The maximum atomic E-state index is 12.1. The second-order valence-corrected chi connectivity index (χ2v) is 8.85. The van der Waals surface area contributed by atoms with Gasteiger partial charge in [-0.25, -0.2) is 0 Å². The van der Waals surface area contributed by atoms with Crippen LogP contribution >= 0.6 is 0 Å². The Labute approximate surface area is 138 Å². The van der Waals surface area contributed by atoms with Gasteiger partial charge in [-0.2, -0.15) is 0 Å². The van der Waals surface area contributed by atoms with Gasteiger partial charge in [-0.05, 0) is 76.5 Å². The van der Waals surface area contributed by atoms with Crippen LogP contribution < -0.4 is 10.6 Å². The highest BCUT2D eigenvalue weighted by molar-refractivity contribution is 6.35. The van der Waals surface area contributed by atoms with Gasteiger partial charge in [-0.3, -0.25) is 9.59 Å². The number of carbonyl (C=O) groups excluding carboxylic acids is 2. The molecule has 5 heteroatoms. The van der Waals surface area contributed by atoms with E-state index < -0.39 is 17.4 Å². The van der Waals surface area contributed by atoms with E-state index in [0.29, 0.717) is 18.4 Å². The zero-order valence-electron chi connectivity index (χ0n) is 14.8. The largest absolute Gasteiger partial charge is 0.376 e. The fourth-order valence-electron chi connectivity index (χ4n) is 5.37. The van der Waals surface area contributed by atoms with Gasteiger partial charge in [-0.15, -0.1) is 0 Å². The predicted octanol–water partition coefficient (Wildman–Crippen LogP) is 1.86. The number of rotatable bonds is 3. The zero-order valence-corrected chi connectivity index (χ0v) is 14.8. The molecule has 0 aromatic carbocycles. The number of ether oxygens (including phenoxy) is 1.